The molecule has 1 aliphatic heterocycles. The number of nitrogens with one attached hydrogen (secondary N) is 1. The van der Waals surface area contributed by atoms with Crippen LogP contribution in [-0.4, -0.2) is 44.1 Å². The van der Waals surface area contributed by atoms with Crippen molar-refractivity contribution in [3.8, 4) is 11.5 Å². The molecule has 1 heterocycles. The summed E-state index contributed by atoms with van der Waals surface area (Å²) >= 11 is 1.89. The number of carbonyl (C=O) groups excluding carboxylic acids is 1. The van der Waals surface area contributed by atoms with Gasteiger partial charge in [-0.1, -0.05) is 0 Å². The lowest BCUT2D eigenvalue weighted by Crippen LogP contribution is -2.38. The van der Waals surface area contributed by atoms with Gasteiger partial charge in [0.1, 0.15) is 11.5 Å². The predicted molar refractivity (Wildman–Crippen MR) is 77.6 cm³/mol. The van der Waals surface area contributed by atoms with Crippen LogP contribution in [0, 0.1) is 0 Å². The van der Waals surface area contributed by atoms with Gasteiger partial charge in [0, 0.05) is 30.5 Å². The highest BCUT2D eigenvalue weighted by atomic mass is 32.2. The highest BCUT2D eigenvalue weighted by molar-refractivity contribution is 7.99. The smallest absolute Gasteiger partial charge is 0.168 e. The number of ketones is 1. The van der Waals surface area contributed by atoms with E-state index in [1.165, 1.54) is 0 Å². The number of carbonyl (C=O) groups is 1. The molecule has 1 aromatic rings. The fourth-order valence-corrected chi connectivity index (χ4v) is 3.07. The molecule has 4 nitrogen and oxygen atoms in total. The largest absolute Gasteiger partial charge is 0.497 e. The van der Waals surface area contributed by atoms with Crippen LogP contribution >= 0.6 is 11.8 Å². The monoisotopic (exact) mass is 281 g/mol. The van der Waals surface area contributed by atoms with E-state index in [0.717, 1.165) is 18.1 Å². The Morgan fingerprint density at radius 3 is 2.89 bits per heavy atom. The second-order valence-electron chi connectivity index (χ2n) is 4.42. The average Bonchev–Trinajstić information content (AvgIpc) is 2.47. The van der Waals surface area contributed by atoms with Crippen LogP contribution in [0.1, 0.15) is 16.8 Å². The number of rotatable bonds is 5. The van der Waals surface area contributed by atoms with E-state index in [1.807, 2.05) is 11.8 Å². The minimum absolute atomic E-state index is 0.0933. The van der Waals surface area contributed by atoms with Crippen LogP contribution in [0.15, 0.2) is 18.2 Å². The van der Waals surface area contributed by atoms with Gasteiger partial charge < -0.3 is 14.8 Å². The second kappa shape index (κ2) is 6.82. The van der Waals surface area contributed by atoms with Gasteiger partial charge >= 0.3 is 0 Å². The fraction of sp³-hybridized carbons (Fsp3) is 0.500. The summed E-state index contributed by atoms with van der Waals surface area (Å²) in [5, 5.41) is 3.37. The third-order valence-corrected chi connectivity index (χ3v) is 4.27. The molecule has 0 radical (unpaired) electrons. The van der Waals surface area contributed by atoms with Gasteiger partial charge in [0.15, 0.2) is 5.78 Å². The molecule has 0 aromatic heterocycles. The molecule has 1 aliphatic rings. The van der Waals surface area contributed by atoms with E-state index in [1.54, 1.807) is 32.4 Å². The number of Topliss-reactive ketones (excluding diaryl/α,β-unsaturated/α-hetero) is 1. The van der Waals surface area contributed by atoms with Crippen LogP contribution in [0.25, 0.3) is 0 Å². The maximum Gasteiger partial charge on any atom is 0.168 e. The zero-order valence-electron chi connectivity index (χ0n) is 11.3. The van der Waals surface area contributed by atoms with E-state index < -0.39 is 0 Å². The van der Waals surface area contributed by atoms with E-state index in [-0.39, 0.29) is 11.8 Å². The molecule has 1 saturated heterocycles. The van der Waals surface area contributed by atoms with Gasteiger partial charge in [-0.3, -0.25) is 4.79 Å². The molecule has 0 saturated carbocycles. The highest BCUT2D eigenvalue weighted by Crippen LogP contribution is 2.26. The number of thioether (sulfide) groups is 1. The molecule has 2 rings (SSSR count). The Labute approximate surface area is 117 Å². The summed E-state index contributed by atoms with van der Waals surface area (Å²) in [7, 11) is 3.17. The van der Waals surface area contributed by atoms with Crippen LogP contribution in [0.5, 0.6) is 11.5 Å². The molecular weight excluding hydrogens is 262 g/mol. The summed E-state index contributed by atoms with van der Waals surface area (Å²) in [6.45, 7) is 0.970. The summed E-state index contributed by atoms with van der Waals surface area (Å²) in [6.07, 6.45) is 0.497. The molecule has 1 aromatic carbocycles. The van der Waals surface area contributed by atoms with E-state index >= 15 is 0 Å². The van der Waals surface area contributed by atoms with E-state index in [4.69, 9.17) is 9.47 Å². The Morgan fingerprint density at radius 1 is 1.42 bits per heavy atom. The molecule has 104 valence electrons. The molecular formula is C14H19NO3S. The lowest BCUT2D eigenvalue weighted by atomic mass is 10.0. The summed E-state index contributed by atoms with van der Waals surface area (Å²) in [4.78, 5) is 12.4. The zero-order chi connectivity index (χ0) is 13.7. The van der Waals surface area contributed by atoms with Crippen molar-refractivity contribution >= 4 is 17.5 Å². The van der Waals surface area contributed by atoms with Crippen molar-refractivity contribution in [3.63, 3.8) is 0 Å². The molecule has 19 heavy (non-hydrogen) atoms. The summed E-state index contributed by atoms with van der Waals surface area (Å²) in [5.41, 5.74) is 0.597. The van der Waals surface area contributed by atoms with Crippen LogP contribution in [0.2, 0.25) is 0 Å². The van der Waals surface area contributed by atoms with E-state index in [9.17, 15) is 4.79 Å². The number of ether oxygens (including phenoxy) is 2. The Morgan fingerprint density at radius 2 is 2.26 bits per heavy atom. The first kappa shape index (κ1) is 14.2. The first-order valence-electron chi connectivity index (χ1n) is 6.31. The predicted octanol–water partition coefficient (Wildman–Crippen LogP) is 1.98. The van der Waals surface area contributed by atoms with Gasteiger partial charge in [0.25, 0.3) is 0 Å². The second-order valence-corrected chi connectivity index (χ2v) is 5.57. The van der Waals surface area contributed by atoms with Gasteiger partial charge in [-0.25, -0.2) is 0 Å². The normalized spacial score (nSPS) is 18.9. The van der Waals surface area contributed by atoms with Crippen molar-refractivity contribution < 1.29 is 14.3 Å². The van der Waals surface area contributed by atoms with Gasteiger partial charge in [-0.05, 0) is 18.2 Å². The minimum Gasteiger partial charge on any atom is -0.497 e. The fourth-order valence-electron chi connectivity index (χ4n) is 2.12. The number of hydrogen-bond acceptors (Lipinski definition) is 5. The molecule has 0 spiro atoms. The van der Waals surface area contributed by atoms with E-state index in [2.05, 4.69) is 5.32 Å². The molecule has 1 unspecified atom stereocenters. The third-order valence-electron chi connectivity index (χ3n) is 3.14. The van der Waals surface area contributed by atoms with Crippen molar-refractivity contribution in [2.24, 2.45) is 0 Å². The van der Waals surface area contributed by atoms with Gasteiger partial charge in [0.2, 0.25) is 0 Å². The Bertz CT molecular complexity index is 444. The van der Waals surface area contributed by atoms with E-state index in [0.29, 0.717) is 23.5 Å². The van der Waals surface area contributed by atoms with Crippen LogP contribution < -0.4 is 14.8 Å². The third kappa shape index (κ3) is 3.64. The van der Waals surface area contributed by atoms with Crippen molar-refractivity contribution in [1.29, 1.82) is 0 Å². The van der Waals surface area contributed by atoms with Crippen molar-refractivity contribution in [1.82, 2.24) is 5.32 Å². The van der Waals surface area contributed by atoms with Gasteiger partial charge in [-0.15, -0.1) is 0 Å². The molecule has 0 aliphatic carbocycles. The number of methoxy groups -OCH3 is 2. The number of benzene rings is 1. The summed E-state index contributed by atoms with van der Waals surface area (Å²) < 4.78 is 10.4. The highest BCUT2D eigenvalue weighted by Gasteiger charge is 2.20. The Balaban J connectivity index is 2.12. The first-order valence-corrected chi connectivity index (χ1v) is 7.46. The van der Waals surface area contributed by atoms with Gasteiger partial charge in [0.05, 0.1) is 19.8 Å². The standard InChI is InChI=1S/C14H19NO3S/c1-17-11-3-4-14(18-2)12(8-11)13(16)7-10-9-19-6-5-15-10/h3-4,8,10,15H,5-7,9H2,1-2H3. The SMILES string of the molecule is COc1ccc(OC)c(C(=O)CC2CSCCN2)c1. The molecule has 0 bridgehead atoms. The maximum atomic E-state index is 12.4. The number of hydrogen-bond donors (Lipinski definition) is 1. The molecule has 1 fully saturated rings. The molecule has 1 atom stereocenters. The topological polar surface area (TPSA) is 47.6 Å². The lowest BCUT2D eigenvalue weighted by Gasteiger charge is -2.22. The Hall–Kier alpha value is -1.20. The van der Waals surface area contributed by atoms with Crippen LogP contribution in [-0.2, 0) is 0 Å². The van der Waals surface area contributed by atoms with Crippen molar-refractivity contribution in [3.05, 3.63) is 23.8 Å². The lowest BCUT2D eigenvalue weighted by molar-refractivity contribution is 0.0968. The quantitative estimate of drug-likeness (QED) is 0.836. The molecule has 0 amide bonds. The Kier molecular flexibility index (Phi) is 5.10. The maximum absolute atomic E-state index is 12.4. The summed E-state index contributed by atoms with van der Waals surface area (Å²) in [5.74, 6) is 3.48. The molecule has 5 heteroatoms. The minimum atomic E-state index is 0.0933. The average molecular weight is 281 g/mol. The van der Waals surface area contributed by atoms with Crippen molar-refractivity contribution in [2.75, 3.05) is 32.3 Å². The summed E-state index contributed by atoms with van der Waals surface area (Å²) in [6, 6.07) is 5.57. The zero-order valence-corrected chi connectivity index (χ0v) is 12.1. The van der Waals surface area contributed by atoms with Crippen LogP contribution in [0.3, 0.4) is 0 Å². The van der Waals surface area contributed by atoms with Crippen LogP contribution in [0.4, 0.5) is 0 Å². The van der Waals surface area contributed by atoms with Gasteiger partial charge in [-0.2, -0.15) is 11.8 Å². The first-order chi connectivity index (χ1) is 9.24. The molecule has 1 N–H and O–H groups in total. The van der Waals surface area contributed by atoms with Crippen molar-refractivity contribution in [2.45, 2.75) is 12.5 Å².